The fraction of sp³-hybridized carbons (Fsp3) is 0.529. The average Bonchev–Trinajstić information content (AvgIpc) is 2.88. The lowest BCUT2D eigenvalue weighted by atomic mass is 9.85. The molecule has 0 amide bonds. The van der Waals surface area contributed by atoms with Crippen LogP contribution in [0.25, 0.3) is 10.9 Å². The van der Waals surface area contributed by atoms with Crippen molar-refractivity contribution in [3.8, 4) is 0 Å². The zero-order valence-corrected chi connectivity index (χ0v) is 12.0. The Morgan fingerprint density at radius 3 is 2.57 bits per heavy atom. The van der Waals surface area contributed by atoms with E-state index in [1.165, 1.54) is 38.2 Å². The minimum atomic E-state index is -4.30. The highest BCUT2D eigenvalue weighted by Gasteiger charge is 2.33. The maximum atomic E-state index is 13.0. The summed E-state index contributed by atoms with van der Waals surface area (Å²) in [6.07, 6.45) is 5.89. The molecule has 2 aromatic rings. The van der Waals surface area contributed by atoms with Gasteiger partial charge in [-0.15, -0.1) is 0 Å². The van der Waals surface area contributed by atoms with Crippen LogP contribution in [-0.4, -0.2) is 4.98 Å². The van der Waals surface area contributed by atoms with Gasteiger partial charge in [0.15, 0.2) is 0 Å². The van der Waals surface area contributed by atoms with Crippen molar-refractivity contribution in [3.05, 3.63) is 35.5 Å². The first-order valence-electron chi connectivity index (χ1n) is 7.72. The van der Waals surface area contributed by atoms with E-state index in [9.17, 15) is 13.2 Å². The van der Waals surface area contributed by atoms with E-state index in [0.29, 0.717) is 0 Å². The number of halogens is 3. The van der Waals surface area contributed by atoms with E-state index in [1.807, 2.05) is 0 Å². The van der Waals surface area contributed by atoms with E-state index in [1.54, 1.807) is 12.3 Å². The molecule has 1 aliphatic rings. The molecule has 0 unspecified atom stereocenters. The zero-order valence-electron chi connectivity index (χ0n) is 12.0. The molecule has 1 saturated carbocycles. The lowest BCUT2D eigenvalue weighted by Crippen LogP contribution is -2.07. The monoisotopic (exact) mass is 295 g/mol. The molecule has 0 saturated heterocycles. The summed E-state index contributed by atoms with van der Waals surface area (Å²) >= 11 is 0. The number of hydrogen-bond donors (Lipinski definition) is 1. The highest BCUT2D eigenvalue weighted by atomic mass is 19.4. The molecular weight excluding hydrogens is 275 g/mol. The predicted octanol–water partition coefficient (Wildman–Crippen LogP) is 5.70. The molecule has 1 N–H and O–H groups in total. The van der Waals surface area contributed by atoms with Crippen LogP contribution in [0.1, 0.15) is 49.7 Å². The molecule has 21 heavy (non-hydrogen) atoms. The minimum absolute atomic E-state index is 0.226. The lowest BCUT2D eigenvalue weighted by Gasteiger charge is -2.21. The maximum absolute atomic E-state index is 13.0. The van der Waals surface area contributed by atoms with Crippen molar-refractivity contribution in [3.63, 3.8) is 0 Å². The molecule has 1 heterocycles. The summed E-state index contributed by atoms with van der Waals surface area (Å²) in [6, 6.07) is 4.43. The third-order valence-corrected chi connectivity index (χ3v) is 4.65. The molecule has 0 spiro atoms. The Hall–Kier alpha value is -1.45. The maximum Gasteiger partial charge on any atom is 0.418 e. The van der Waals surface area contributed by atoms with Crippen LogP contribution >= 0.6 is 0 Å². The lowest BCUT2D eigenvalue weighted by molar-refractivity contribution is -0.136. The summed E-state index contributed by atoms with van der Waals surface area (Å²) in [7, 11) is 0. The number of aromatic amines is 1. The first kappa shape index (κ1) is 14.5. The van der Waals surface area contributed by atoms with Crippen LogP contribution in [0.4, 0.5) is 13.2 Å². The third-order valence-electron chi connectivity index (χ3n) is 4.65. The van der Waals surface area contributed by atoms with Gasteiger partial charge in [0.25, 0.3) is 0 Å². The number of rotatable bonds is 3. The summed E-state index contributed by atoms with van der Waals surface area (Å²) in [5, 5.41) is 0.723. The van der Waals surface area contributed by atoms with E-state index in [0.717, 1.165) is 35.8 Å². The topological polar surface area (TPSA) is 15.8 Å². The number of para-hydroxylation sites is 1. The number of fused-ring (bicyclic) bond motifs is 1. The molecule has 114 valence electrons. The molecule has 1 aromatic carbocycles. The standard InChI is InChI=1S/C17H20F3N/c18-17(19,20)15-8-4-7-14-13(11-21-16(14)15)10-9-12-5-2-1-3-6-12/h4,7-8,11-12,21H,1-3,5-6,9-10H2. The highest BCUT2D eigenvalue weighted by Crippen LogP contribution is 2.36. The second-order valence-corrected chi connectivity index (χ2v) is 6.08. The number of nitrogens with one attached hydrogen (secondary N) is 1. The summed E-state index contributed by atoms with van der Waals surface area (Å²) in [5.74, 6) is 0.745. The summed E-state index contributed by atoms with van der Waals surface area (Å²) in [4.78, 5) is 2.83. The molecule has 0 radical (unpaired) electrons. The van der Waals surface area contributed by atoms with Crippen LogP contribution in [0.15, 0.2) is 24.4 Å². The Bertz CT molecular complexity index is 606. The van der Waals surface area contributed by atoms with Crippen LogP contribution < -0.4 is 0 Å². The fourth-order valence-electron chi connectivity index (χ4n) is 3.49. The molecule has 1 aromatic heterocycles. The van der Waals surface area contributed by atoms with Crippen molar-refractivity contribution in [1.29, 1.82) is 0 Å². The number of aromatic nitrogens is 1. The van der Waals surface area contributed by atoms with Gasteiger partial charge in [-0.05, 0) is 30.4 Å². The molecule has 4 heteroatoms. The van der Waals surface area contributed by atoms with Crippen LogP contribution in [0.3, 0.4) is 0 Å². The van der Waals surface area contributed by atoms with Crippen molar-refractivity contribution in [1.82, 2.24) is 4.98 Å². The Kier molecular flexibility index (Phi) is 3.96. The Morgan fingerprint density at radius 1 is 1.10 bits per heavy atom. The molecule has 3 rings (SSSR count). The Labute approximate surface area is 122 Å². The van der Waals surface area contributed by atoms with Crippen LogP contribution in [0, 0.1) is 5.92 Å². The van der Waals surface area contributed by atoms with Gasteiger partial charge >= 0.3 is 6.18 Å². The van der Waals surface area contributed by atoms with Gasteiger partial charge in [-0.1, -0.05) is 44.2 Å². The number of aryl methyl sites for hydroxylation is 1. The van der Waals surface area contributed by atoms with Crippen LogP contribution in [0.5, 0.6) is 0 Å². The van der Waals surface area contributed by atoms with E-state index in [4.69, 9.17) is 0 Å². The second kappa shape index (κ2) is 5.74. The molecule has 1 aliphatic carbocycles. The van der Waals surface area contributed by atoms with Crippen molar-refractivity contribution < 1.29 is 13.2 Å². The van der Waals surface area contributed by atoms with Crippen molar-refractivity contribution in [2.45, 2.75) is 51.1 Å². The number of hydrogen-bond acceptors (Lipinski definition) is 0. The molecule has 0 aliphatic heterocycles. The van der Waals surface area contributed by atoms with Gasteiger partial charge in [0, 0.05) is 11.6 Å². The zero-order chi connectivity index (χ0) is 14.9. The van der Waals surface area contributed by atoms with Gasteiger partial charge in [0.05, 0.1) is 11.1 Å². The number of alkyl halides is 3. The summed E-state index contributed by atoms with van der Waals surface area (Å²) in [6.45, 7) is 0. The first-order chi connectivity index (χ1) is 10.1. The van der Waals surface area contributed by atoms with E-state index in [2.05, 4.69) is 4.98 Å². The summed E-state index contributed by atoms with van der Waals surface area (Å²) < 4.78 is 39.0. The van der Waals surface area contributed by atoms with Crippen LogP contribution in [-0.2, 0) is 12.6 Å². The predicted molar refractivity (Wildman–Crippen MR) is 78.2 cm³/mol. The molecule has 0 atom stereocenters. The molecule has 0 bridgehead atoms. The van der Waals surface area contributed by atoms with Gasteiger partial charge < -0.3 is 4.98 Å². The molecular formula is C17H20F3N. The normalized spacial score (nSPS) is 17.5. The van der Waals surface area contributed by atoms with Gasteiger partial charge in [0.2, 0.25) is 0 Å². The van der Waals surface area contributed by atoms with E-state index in [-0.39, 0.29) is 5.52 Å². The fourth-order valence-corrected chi connectivity index (χ4v) is 3.49. The van der Waals surface area contributed by atoms with Gasteiger partial charge in [-0.3, -0.25) is 0 Å². The molecule has 1 fully saturated rings. The Morgan fingerprint density at radius 2 is 1.86 bits per heavy atom. The number of H-pyrrole nitrogens is 1. The largest absolute Gasteiger partial charge is 0.418 e. The van der Waals surface area contributed by atoms with Crippen molar-refractivity contribution >= 4 is 10.9 Å². The van der Waals surface area contributed by atoms with Crippen molar-refractivity contribution in [2.75, 3.05) is 0 Å². The van der Waals surface area contributed by atoms with Gasteiger partial charge in [-0.25, -0.2) is 0 Å². The second-order valence-electron chi connectivity index (χ2n) is 6.08. The average molecular weight is 295 g/mol. The molecule has 1 nitrogen and oxygen atoms in total. The smallest absolute Gasteiger partial charge is 0.360 e. The first-order valence-corrected chi connectivity index (χ1v) is 7.72. The quantitative estimate of drug-likeness (QED) is 0.747. The van der Waals surface area contributed by atoms with Gasteiger partial charge in [0.1, 0.15) is 0 Å². The van der Waals surface area contributed by atoms with Gasteiger partial charge in [-0.2, -0.15) is 13.2 Å². The number of benzene rings is 1. The SMILES string of the molecule is FC(F)(F)c1cccc2c(CCC3CCCCC3)c[nH]c12. The van der Waals surface area contributed by atoms with E-state index >= 15 is 0 Å². The summed E-state index contributed by atoms with van der Waals surface area (Å²) in [5.41, 5.74) is 0.675. The van der Waals surface area contributed by atoms with Crippen LogP contribution in [0.2, 0.25) is 0 Å². The minimum Gasteiger partial charge on any atom is -0.360 e. The Balaban J connectivity index is 1.80. The highest BCUT2D eigenvalue weighted by molar-refractivity contribution is 5.86. The van der Waals surface area contributed by atoms with Crippen molar-refractivity contribution in [2.24, 2.45) is 5.92 Å². The third kappa shape index (κ3) is 3.09. The van der Waals surface area contributed by atoms with E-state index < -0.39 is 11.7 Å².